The van der Waals surface area contributed by atoms with Crippen molar-refractivity contribution >= 4 is 11.7 Å². The zero-order valence-corrected chi connectivity index (χ0v) is 6.49. The molecule has 0 bridgehead atoms. The smallest absolute Gasteiger partial charge is 0.339 e. The second kappa shape index (κ2) is 3.73. The Morgan fingerprint density at radius 1 is 1.33 bits per heavy atom. The first-order chi connectivity index (χ1) is 5.74. The predicted octanol–water partition coefficient (Wildman–Crippen LogP) is 0.342. The standard InChI is InChI=1S/C8H10N2O2/c9-5-12-8(11)6-1-3-7(10)4-2-6/h1-4H,5,9-10H2. The fourth-order valence-corrected chi connectivity index (χ4v) is 0.778. The lowest BCUT2D eigenvalue weighted by molar-refractivity contribution is 0.0515. The number of ether oxygens (including phenoxy) is 1. The number of benzene rings is 1. The molecule has 0 amide bonds. The molecule has 1 aromatic rings. The Hall–Kier alpha value is -1.55. The highest BCUT2D eigenvalue weighted by Crippen LogP contribution is 2.06. The molecule has 0 saturated heterocycles. The summed E-state index contributed by atoms with van der Waals surface area (Å²) in [5.74, 6) is -0.433. The molecule has 0 heterocycles. The second-order valence-corrected chi connectivity index (χ2v) is 2.22. The molecule has 0 radical (unpaired) electrons. The van der Waals surface area contributed by atoms with E-state index < -0.39 is 5.97 Å². The van der Waals surface area contributed by atoms with Gasteiger partial charge in [0.15, 0.2) is 0 Å². The third kappa shape index (κ3) is 1.96. The van der Waals surface area contributed by atoms with E-state index in [-0.39, 0.29) is 6.73 Å². The molecule has 0 spiro atoms. The van der Waals surface area contributed by atoms with E-state index in [9.17, 15) is 4.79 Å². The highest BCUT2D eigenvalue weighted by Gasteiger charge is 2.03. The predicted molar refractivity (Wildman–Crippen MR) is 45.3 cm³/mol. The lowest BCUT2D eigenvalue weighted by Crippen LogP contribution is -2.11. The van der Waals surface area contributed by atoms with Crippen LogP contribution in [0.4, 0.5) is 5.69 Å². The fourth-order valence-electron chi connectivity index (χ4n) is 0.778. The summed E-state index contributed by atoms with van der Waals surface area (Å²) in [7, 11) is 0. The van der Waals surface area contributed by atoms with Crippen LogP contribution in [-0.4, -0.2) is 12.7 Å². The van der Waals surface area contributed by atoms with Gasteiger partial charge in [0.1, 0.15) is 6.73 Å². The first kappa shape index (κ1) is 8.55. The number of rotatable bonds is 2. The number of hydrogen-bond acceptors (Lipinski definition) is 4. The number of nitrogens with two attached hydrogens (primary N) is 2. The normalized spacial score (nSPS) is 9.42. The maximum Gasteiger partial charge on any atom is 0.339 e. The molecule has 0 fully saturated rings. The van der Waals surface area contributed by atoms with E-state index >= 15 is 0 Å². The van der Waals surface area contributed by atoms with Crippen LogP contribution >= 0.6 is 0 Å². The van der Waals surface area contributed by atoms with Crippen molar-refractivity contribution < 1.29 is 9.53 Å². The molecule has 0 aliphatic rings. The minimum Gasteiger partial charge on any atom is -0.446 e. The summed E-state index contributed by atoms with van der Waals surface area (Å²) < 4.78 is 4.57. The van der Waals surface area contributed by atoms with E-state index in [0.717, 1.165) is 0 Å². The number of nitrogen functional groups attached to an aromatic ring is 1. The minimum atomic E-state index is -0.433. The fraction of sp³-hybridized carbons (Fsp3) is 0.125. The van der Waals surface area contributed by atoms with E-state index in [1.807, 2.05) is 0 Å². The minimum absolute atomic E-state index is 0.108. The van der Waals surface area contributed by atoms with Crippen LogP contribution in [0.2, 0.25) is 0 Å². The molecule has 0 atom stereocenters. The van der Waals surface area contributed by atoms with E-state index in [1.165, 1.54) is 0 Å². The van der Waals surface area contributed by atoms with Crippen LogP contribution in [-0.2, 0) is 4.74 Å². The quantitative estimate of drug-likeness (QED) is 0.377. The van der Waals surface area contributed by atoms with Crippen LogP contribution in [0.3, 0.4) is 0 Å². The van der Waals surface area contributed by atoms with Crippen LogP contribution in [0, 0.1) is 0 Å². The number of anilines is 1. The van der Waals surface area contributed by atoms with Crippen LogP contribution in [0.25, 0.3) is 0 Å². The Balaban J connectivity index is 2.75. The number of carbonyl (C=O) groups is 1. The highest BCUT2D eigenvalue weighted by atomic mass is 16.5. The molecule has 4 heteroatoms. The summed E-state index contributed by atoms with van der Waals surface area (Å²) in [4.78, 5) is 11.0. The van der Waals surface area contributed by atoms with Crippen LogP contribution in [0.15, 0.2) is 24.3 Å². The molecule has 0 unspecified atom stereocenters. The molecule has 0 aromatic heterocycles. The molecular formula is C8H10N2O2. The summed E-state index contributed by atoms with van der Waals surface area (Å²) in [6.45, 7) is -0.108. The zero-order valence-electron chi connectivity index (χ0n) is 6.49. The molecular weight excluding hydrogens is 156 g/mol. The van der Waals surface area contributed by atoms with E-state index in [1.54, 1.807) is 24.3 Å². The van der Waals surface area contributed by atoms with Gasteiger partial charge in [0, 0.05) is 5.69 Å². The molecule has 1 rings (SSSR count). The van der Waals surface area contributed by atoms with Gasteiger partial charge in [-0.2, -0.15) is 0 Å². The molecule has 1 aromatic carbocycles. The summed E-state index contributed by atoms with van der Waals surface area (Å²) >= 11 is 0. The van der Waals surface area contributed by atoms with Crippen LogP contribution < -0.4 is 11.5 Å². The molecule has 0 aliphatic carbocycles. The topological polar surface area (TPSA) is 78.3 Å². The molecule has 0 aliphatic heterocycles. The first-order valence-corrected chi connectivity index (χ1v) is 3.47. The van der Waals surface area contributed by atoms with Crippen molar-refractivity contribution in [1.29, 1.82) is 0 Å². The summed E-state index contributed by atoms with van der Waals surface area (Å²) in [5, 5.41) is 0. The van der Waals surface area contributed by atoms with Crippen molar-refractivity contribution in [1.82, 2.24) is 0 Å². The first-order valence-electron chi connectivity index (χ1n) is 3.47. The van der Waals surface area contributed by atoms with E-state index in [2.05, 4.69) is 4.74 Å². The third-order valence-corrected chi connectivity index (χ3v) is 1.36. The highest BCUT2D eigenvalue weighted by molar-refractivity contribution is 5.89. The lowest BCUT2D eigenvalue weighted by atomic mass is 10.2. The largest absolute Gasteiger partial charge is 0.446 e. The van der Waals surface area contributed by atoms with Gasteiger partial charge in [0.05, 0.1) is 5.56 Å². The van der Waals surface area contributed by atoms with E-state index in [4.69, 9.17) is 11.5 Å². The maximum absolute atomic E-state index is 11.0. The van der Waals surface area contributed by atoms with Crippen molar-refractivity contribution in [3.63, 3.8) is 0 Å². The molecule has 0 saturated carbocycles. The van der Waals surface area contributed by atoms with Crippen LogP contribution in [0.1, 0.15) is 10.4 Å². The van der Waals surface area contributed by atoms with Gasteiger partial charge in [-0.15, -0.1) is 0 Å². The van der Waals surface area contributed by atoms with Crippen molar-refractivity contribution in [3.8, 4) is 0 Å². The summed E-state index contributed by atoms with van der Waals surface area (Å²) in [6.07, 6.45) is 0. The van der Waals surface area contributed by atoms with Gasteiger partial charge < -0.3 is 10.5 Å². The number of esters is 1. The van der Waals surface area contributed by atoms with Gasteiger partial charge in [-0.1, -0.05) is 0 Å². The Bertz CT molecular complexity index is 269. The Morgan fingerprint density at radius 2 is 1.92 bits per heavy atom. The second-order valence-electron chi connectivity index (χ2n) is 2.22. The molecule has 12 heavy (non-hydrogen) atoms. The monoisotopic (exact) mass is 166 g/mol. The van der Waals surface area contributed by atoms with Gasteiger partial charge >= 0.3 is 5.97 Å². The van der Waals surface area contributed by atoms with E-state index in [0.29, 0.717) is 11.3 Å². The average molecular weight is 166 g/mol. The lowest BCUT2D eigenvalue weighted by Gasteiger charge is -2.00. The summed E-state index contributed by atoms with van der Waals surface area (Å²) in [6, 6.07) is 6.45. The zero-order chi connectivity index (χ0) is 8.97. The molecule has 4 N–H and O–H groups in total. The Morgan fingerprint density at radius 3 is 2.42 bits per heavy atom. The number of carbonyl (C=O) groups excluding carboxylic acids is 1. The van der Waals surface area contributed by atoms with Crippen molar-refractivity contribution in [2.75, 3.05) is 12.5 Å². The van der Waals surface area contributed by atoms with Crippen molar-refractivity contribution in [3.05, 3.63) is 29.8 Å². The molecule has 4 nitrogen and oxygen atoms in total. The van der Waals surface area contributed by atoms with Gasteiger partial charge in [-0.05, 0) is 24.3 Å². The number of hydrogen-bond donors (Lipinski definition) is 2. The van der Waals surface area contributed by atoms with Gasteiger partial charge in [-0.3, -0.25) is 5.73 Å². The summed E-state index contributed by atoms with van der Waals surface area (Å²) in [5.41, 5.74) is 11.5. The third-order valence-electron chi connectivity index (χ3n) is 1.36. The van der Waals surface area contributed by atoms with Gasteiger partial charge in [0.2, 0.25) is 0 Å². The van der Waals surface area contributed by atoms with Gasteiger partial charge in [-0.25, -0.2) is 4.79 Å². The maximum atomic E-state index is 11.0. The Labute approximate surface area is 70.1 Å². The Kier molecular flexibility index (Phi) is 2.66. The van der Waals surface area contributed by atoms with Gasteiger partial charge in [0.25, 0.3) is 0 Å². The van der Waals surface area contributed by atoms with Crippen molar-refractivity contribution in [2.24, 2.45) is 5.73 Å². The van der Waals surface area contributed by atoms with Crippen LogP contribution in [0.5, 0.6) is 0 Å². The average Bonchev–Trinajstić information content (AvgIpc) is 2.06. The van der Waals surface area contributed by atoms with Crippen molar-refractivity contribution in [2.45, 2.75) is 0 Å². The SMILES string of the molecule is NCOC(=O)c1ccc(N)cc1. The molecule has 64 valence electrons.